The average molecular weight is 409 g/mol. The van der Waals surface area contributed by atoms with Gasteiger partial charge in [-0.1, -0.05) is 29.3 Å². The summed E-state index contributed by atoms with van der Waals surface area (Å²) in [4.78, 5) is 12.6. The second-order valence-corrected chi connectivity index (χ2v) is 7.26. The van der Waals surface area contributed by atoms with Crippen LogP contribution in [0.4, 0.5) is 11.4 Å². The van der Waals surface area contributed by atoms with Crippen LogP contribution in [-0.4, -0.2) is 24.7 Å². The molecule has 0 fully saturated rings. The molecule has 0 spiro atoms. The third-order valence-electron chi connectivity index (χ3n) is 4.27. The largest absolute Gasteiger partial charge is 0.492 e. The molecular weight excluding hydrogens is 387 g/mol. The topological polar surface area (TPSA) is 59.6 Å². The molecule has 2 unspecified atom stereocenters. The van der Waals surface area contributed by atoms with E-state index in [1.807, 2.05) is 26.0 Å². The molecule has 0 radical (unpaired) electrons. The molecule has 1 amide bonds. The van der Waals surface area contributed by atoms with Crippen molar-refractivity contribution in [2.75, 3.05) is 17.2 Å². The van der Waals surface area contributed by atoms with E-state index in [1.54, 1.807) is 25.1 Å². The minimum atomic E-state index is -0.531. The lowest BCUT2D eigenvalue weighted by atomic mass is 10.1. The Morgan fingerprint density at radius 1 is 1.33 bits per heavy atom. The lowest BCUT2D eigenvalue weighted by molar-refractivity contribution is -0.116. The summed E-state index contributed by atoms with van der Waals surface area (Å²) in [5.74, 6) is 1.28. The first-order valence-electron chi connectivity index (χ1n) is 8.86. The molecule has 5 nitrogen and oxygen atoms in total. The van der Waals surface area contributed by atoms with Crippen molar-refractivity contribution in [2.45, 2.75) is 39.3 Å². The Balaban J connectivity index is 1.76. The molecule has 0 aliphatic carbocycles. The van der Waals surface area contributed by atoms with E-state index in [4.69, 9.17) is 32.7 Å². The molecule has 1 heterocycles. The Labute approximate surface area is 168 Å². The number of benzene rings is 2. The van der Waals surface area contributed by atoms with Gasteiger partial charge in [0.1, 0.15) is 23.6 Å². The SMILES string of the molecule is CCOc1cc2c(cc1NC(C)C(=O)Nc1cccc(Cl)c1Cl)OC(C)C2. The number of hydrogen-bond donors (Lipinski definition) is 2. The van der Waals surface area contributed by atoms with E-state index in [0.717, 1.165) is 17.7 Å². The van der Waals surface area contributed by atoms with Crippen LogP contribution >= 0.6 is 23.2 Å². The molecule has 2 aromatic carbocycles. The Morgan fingerprint density at radius 3 is 2.85 bits per heavy atom. The number of fused-ring (bicyclic) bond motifs is 1. The number of anilines is 2. The fourth-order valence-electron chi connectivity index (χ4n) is 2.97. The van der Waals surface area contributed by atoms with E-state index in [1.165, 1.54) is 0 Å². The van der Waals surface area contributed by atoms with Crippen LogP contribution in [0.2, 0.25) is 10.0 Å². The number of halogens is 2. The second kappa shape index (κ2) is 8.28. The molecule has 1 aliphatic rings. The van der Waals surface area contributed by atoms with Crippen LogP contribution in [-0.2, 0) is 11.2 Å². The van der Waals surface area contributed by atoms with Crippen molar-refractivity contribution < 1.29 is 14.3 Å². The van der Waals surface area contributed by atoms with Crippen molar-refractivity contribution in [3.63, 3.8) is 0 Å². The first kappa shape index (κ1) is 19.6. The fraction of sp³-hybridized carbons (Fsp3) is 0.350. The fourth-order valence-corrected chi connectivity index (χ4v) is 3.31. The molecule has 2 aromatic rings. The van der Waals surface area contributed by atoms with Crippen LogP contribution in [0.5, 0.6) is 11.5 Å². The van der Waals surface area contributed by atoms with Crippen LogP contribution in [0.1, 0.15) is 26.3 Å². The van der Waals surface area contributed by atoms with Crippen molar-refractivity contribution in [3.05, 3.63) is 45.9 Å². The second-order valence-electron chi connectivity index (χ2n) is 6.48. The van der Waals surface area contributed by atoms with Crippen molar-refractivity contribution >= 4 is 40.5 Å². The monoisotopic (exact) mass is 408 g/mol. The minimum absolute atomic E-state index is 0.135. The van der Waals surface area contributed by atoms with Gasteiger partial charge in [0.25, 0.3) is 0 Å². The summed E-state index contributed by atoms with van der Waals surface area (Å²) in [6.45, 7) is 6.24. The minimum Gasteiger partial charge on any atom is -0.492 e. The Hall–Kier alpha value is -2.11. The van der Waals surface area contributed by atoms with Gasteiger partial charge < -0.3 is 20.1 Å². The predicted molar refractivity (Wildman–Crippen MR) is 110 cm³/mol. The number of rotatable bonds is 6. The van der Waals surface area contributed by atoms with Gasteiger partial charge in [-0.15, -0.1) is 0 Å². The summed E-state index contributed by atoms with van der Waals surface area (Å²) in [7, 11) is 0. The molecular formula is C20H22Cl2N2O3. The molecule has 27 heavy (non-hydrogen) atoms. The van der Waals surface area contributed by atoms with Gasteiger partial charge in [-0.2, -0.15) is 0 Å². The standard InChI is InChI=1S/C20H22Cl2N2O3/c1-4-26-18-9-13-8-11(2)27-17(13)10-16(18)23-12(3)20(25)24-15-7-5-6-14(21)19(15)22/h5-7,9-12,23H,4,8H2,1-3H3,(H,24,25). The third kappa shape index (κ3) is 4.42. The number of nitrogens with one attached hydrogen (secondary N) is 2. The van der Waals surface area contributed by atoms with Crippen molar-refractivity contribution in [1.29, 1.82) is 0 Å². The summed E-state index contributed by atoms with van der Waals surface area (Å²) in [6, 6.07) is 8.43. The molecule has 0 saturated carbocycles. The van der Waals surface area contributed by atoms with Gasteiger partial charge in [0.2, 0.25) is 5.91 Å². The maximum atomic E-state index is 12.6. The van der Waals surface area contributed by atoms with E-state index in [-0.39, 0.29) is 12.0 Å². The zero-order valence-corrected chi connectivity index (χ0v) is 16.9. The van der Waals surface area contributed by atoms with Gasteiger partial charge in [0, 0.05) is 18.1 Å². The molecule has 7 heteroatoms. The summed E-state index contributed by atoms with van der Waals surface area (Å²) < 4.78 is 11.6. The maximum absolute atomic E-state index is 12.6. The normalized spacial score (nSPS) is 16.3. The molecule has 0 aromatic heterocycles. The molecule has 144 valence electrons. The molecule has 1 aliphatic heterocycles. The lowest BCUT2D eigenvalue weighted by Gasteiger charge is -2.19. The zero-order valence-electron chi connectivity index (χ0n) is 15.4. The van der Waals surface area contributed by atoms with Gasteiger partial charge in [-0.25, -0.2) is 0 Å². The Morgan fingerprint density at radius 2 is 2.11 bits per heavy atom. The molecule has 0 bridgehead atoms. The summed E-state index contributed by atoms with van der Waals surface area (Å²) in [6.07, 6.45) is 0.981. The van der Waals surface area contributed by atoms with Crippen LogP contribution < -0.4 is 20.1 Å². The van der Waals surface area contributed by atoms with Gasteiger partial charge in [0.05, 0.1) is 28.0 Å². The summed E-state index contributed by atoms with van der Waals surface area (Å²) >= 11 is 12.1. The highest BCUT2D eigenvalue weighted by atomic mass is 35.5. The van der Waals surface area contributed by atoms with Gasteiger partial charge in [-0.3, -0.25) is 4.79 Å². The van der Waals surface area contributed by atoms with E-state index in [2.05, 4.69) is 10.6 Å². The lowest BCUT2D eigenvalue weighted by Crippen LogP contribution is -2.32. The van der Waals surface area contributed by atoms with E-state index in [0.29, 0.717) is 33.8 Å². The first-order valence-corrected chi connectivity index (χ1v) is 9.62. The number of carbonyl (C=O) groups excluding carboxylic acids is 1. The summed E-state index contributed by atoms with van der Waals surface area (Å²) in [5, 5.41) is 6.69. The highest BCUT2D eigenvalue weighted by Gasteiger charge is 2.23. The molecule has 2 atom stereocenters. The van der Waals surface area contributed by atoms with E-state index >= 15 is 0 Å². The number of hydrogen-bond acceptors (Lipinski definition) is 4. The molecule has 3 rings (SSSR count). The van der Waals surface area contributed by atoms with Crippen molar-refractivity contribution in [1.82, 2.24) is 0 Å². The van der Waals surface area contributed by atoms with Crippen molar-refractivity contribution in [2.24, 2.45) is 0 Å². The number of carbonyl (C=O) groups is 1. The van der Waals surface area contributed by atoms with Gasteiger partial charge in [0.15, 0.2) is 0 Å². The average Bonchev–Trinajstić information content (AvgIpc) is 2.98. The highest BCUT2D eigenvalue weighted by Crippen LogP contribution is 2.38. The Bertz CT molecular complexity index is 857. The van der Waals surface area contributed by atoms with Gasteiger partial charge in [-0.05, 0) is 39.0 Å². The van der Waals surface area contributed by atoms with Crippen molar-refractivity contribution in [3.8, 4) is 11.5 Å². The van der Waals surface area contributed by atoms with Gasteiger partial charge >= 0.3 is 0 Å². The van der Waals surface area contributed by atoms with Crippen LogP contribution in [0, 0.1) is 0 Å². The smallest absolute Gasteiger partial charge is 0.246 e. The van der Waals surface area contributed by atoms with E-state index < -0.39 is 6.04 Å². The predicted octanol–water partition coefficient (Wildman–Crippen LogP) is 5.15. The zero-order chi connectivity index (χ0) is 19.6. The quantitative estimate of drug-likeness (QED) is 0.693. The van der Waals surface area contributed by atoms with Crippen LogP contribution in [0.3, 0.4) is 0 Å². The Kier molecular flexibility index (Phi) is 6.02. The summed E-state index contributed by atoms with van der Waals surface area (Å²) in [5.41, 5.74) is 2.29. The first-order chi connectivity index (χ1) is 12.9. The third-order valence-corrected chi connectivity index (χ3v) is 5.09. The van der Waals surface area contributed by atoms with Crippen LogP contribution in [0.25, 0.3) is 0 Å². The molecule has 0 saturated heterocycles. The molecule has 2 N–H and O–H groups in total. The van der Waals surface area contributed by atoms with Crippen LogP contribution in [0.15, 0.2) is 30.3 Å². The number of ether oxygens (including phenoxy) is 2. The maximum Gasteiger partial charge on any atom is 0.246 e. The number of amides is 1. The highest BCUT2D eigenvalue weighted by molar-refractivity contribution is 6.44. The van der Waals surface area contributed by atoms with E-state index in [9.17, 15) is 4.79 Å².